The van der Waals surface area contributed by atoms with Crippen molar-refractivity contribution in [2.75, 3.05) is 0 Å². The number of nitrogens with zero attached hydrogens (tertiary/aromatic N) is 1. The van der Waals surface area contributed by atoms with Crippen molar-refractivity contribution in [2.45, 2.75) is 18.6 Å². The van der Waals surface area contributed by atoms with Crippen molar-refractivity contribution in [1.29, 1.82) is 0 Å². The molecule has 0 aromatic carbocycles. The summed E-state index contributed by atoms with van der Waals surface area (Å²) >= 11 is 0. The Balaban J connectivity index is 3.53. The summed E-state index contributed by atoms with van der Waals surface area (Å²) in [6.07, 6.45) is 0. The van der Waals surface area contributed by atoms with E-state index in [2.05, 4.69) is 0 Å². The second kappa shape index (κ2) is 3.58. The van der Waals surface area contributed by atoms with E-state index in [1.807, 2.05) is 0 Å². The molecule has 1 aromatic rings. The Morgan fingerprint density at radius 3 is 2.50 bits per heavy atom. The summed E-state index contributed by atoms with van der Waals surface area (Å²) in [6.45, 7) is 0.258. The molecule has 0 N–H and O–H groups in total. The topological polar surface area (TPSA) is 61.1 Å². The molecule has 0 aliphatic carbocycles. The van der Waals surface area contributed by atoms with Crippen LogP contribution in [0.4, 0.5) is 8.87 Å². The molecule has 0 unspecified atom stereocenters. The van der Waals surface area contributed by atoms with Crippen molar-refractivity contribution in [3.63, 3.8) is 0 Å². The first kappa shape index (κ1) is 11.0. The van der Waals surface area contributed by atoms with E-state index in [4.69, 9.17) is 0 Å². The van der Waals surface area contributed by atoms with Crippen LogP contribution >= 0.6 is 0 Å². The summed E-state index contributed by atoms with van der Waals surface area (Å²) in [7, 11) is -4.92. The van der Waals surface area contributed by atoms with Crippen LogP contribution < -0.4 is 4.79 Å². The summed E-state index contributed by atoms with van der Waals surface area (Å²) in [5.41, 5.74) is -0.194. The third-order valence-electron chi connectivity index (χ3n) is 1.58. The molecule has 78 valence electrons. The largest absolute Gasteiger partial charge is 0.739 e. The highest BCUT2D eigenvalue weighted by Crippen LogP contribution is 2.09. The van der Waals surface area contributed by atoms with Gasteiger partial charge in [0, 0.05) is 16.9 Å². The molecular formula is C7H7F2NO3S. The molecule has 1 aromatic heterocycles. The number of halogens is 2. The molecule has 0 amide bonds. The molecule has 1 rings (SSSR count). The minimum Gasteiger partial charge on any atom is -0.739 e. The molecule has 1 heterocycles. The summed E-state index contributed by atoms with van der Waals surface area (Å²) in [5.74, 6) is 0. The van der Waals surface area contributed by atoms with Crippen molar-refractivity contribution in [2.24, 2.45) is 0 Å². The highest BCUT2D eigenvalue weighted by atomic mass is 32.2. The maximum atomic E-state index is 13.0. The first-order valence-corrected chi connectivity index (χ1v) is 5.00. The standard InChI is InChI=1S/C7H7F2NO3S/c1-5-2-6(4-8)10(9)7(3-5)14(11,12)13/h2-3H,4H2,1H3. The Morgan fingerprint density at radius 2 is 2.07 bits per heavy atom. The minimum atomic E-state index is -4.92. The van der Waals surface area contributed by atoms with Crippen LogP contribution in [-0.4, -0.2) is 13.0 Å². The van der Waals surface area contributed by atoms with E-state index in [9.17, 15) is 21.8 Å². The Kier molecular flexibility index (Phi) is 2.81. The smallest absolute Gasteiger partial charge is 0.332 e. The number of rotatable bonds is 2. The van der Waals surface area contributed by atoms with Gasteiger partial charge >= 0.3 is 5.03 Å². The number of aryl methyl sites for hydroxylation is 1. The van der Waals surface area contributed by atoms with Gasteiger partial charge in [0.25, 0.3) is 5.69 Å². The SMILES string of the molecule is Cc1cc(CF)[n+](F)c(S(=O)(=O)[O-])c1. The van der Waals surface area contributed by atoms with Gasteiger partial charge < -0.3 is 4.55 Å². The molecule has 7 heteroatoms. The van der Waals surface area contributed by atoms with Gasteiger partial charge in [0.2, 0.25) is 0 Å². The summed E-state index contributed by atoms with van der Waals surface area (Å²) < 4.78 is 56.8. The van der Waals surface area contributed by atoms with Crippen LogP contribution in [-0.2, 0) is 16.8 Å². The van der Waals surface area contributed by atoms with Gasteiger partial charge in [0.15, 0.2) is 16.8 Å². The molecule has 0 bridgehead atoms. The quantitative estimate of drug-likeness (QED) is 0.681. The van der Waals surface area contributed by atoms with Crippen molar-refractivity contribution in [1.82, 2.24) is 0 Å². The summed E-state index contributed by atoms with van der Waals surface area (Å²) in [5, 5.41) is -1.08. The lowest BCUT2D eigenvalue weighted by Gasteiger charge is -2.03. The summed E-state index contributed by atoms with van der Waals surface area (Å²) in [4.78, 5) is -0.449. The minimum absolute atomic E-state index is 0.306. The molecule has 0 saturated heterocycles. The fraction of sp³-hybridized carbons (Fsp3) is 0.286. The van der Waals surface area contributed by atoms with Gasteiger partial charge in [0.05, 0.1) is 4.48 Å². The van der Waals surface area contributed by atoms with E-state index in [0.717, 1.165) is 12.1 Å². The zero-order valence-electron chi connectivity index (χ0n) is 7.20. The third kappa shape index (κ3) is 2.05. The van der Waals surface area contributed by atoms with E-state index >= 15 is 0 Å². The Labute approximate surface area is 79.5 Å². The van der Waals surface area contributed by atoms with Crippen LogP contribution in [0.5, 0.6) is 0 Å². The average Bonchev–Trinajstić information content (AvgIpc) is 2.06. The lowest BCUT2D eigenvalue weighted by Crippen LogP contribution is -2.35. The Hall–Kier alpha value is -1.08. The van der Waals surface area contributed by atoms with Crippen molar-refractivity contribution in [3.05, 3.63) is 23.4 Å². The molecule has 0 fully saturated rings. The first-order valence-electron chi connectivity index (χ1n) is 3.60. The van der Waals surface area contributed by atoms with Gasteiger partial charge in [-0.05, 0) is 12.5 Å². The number of pyridine rings is 1. The van der Waals surface area contributed by atoms with E-state index in [1.54, 1.807) is 0 Å². The normalized spacial score (nSPS) is 11.7. The maximum Gasteiger partial charge on any atom is 0.332 e. The van der Waals surface area contributed by atoms with Gasteiger partial charge in [-0.2, -0.15) is 0 Å². The molecule has 0 atom stereocenters. The van der Waals surface area contributed by atoms with E-state index in [-0.39, 0.29) is 0 Å². The van der Waals surface area contributed by atoms with Gasteiger partial charge in [-0.15, -0.1) is 0 Å². The second-order valence-corrected chi connectivity index (χ2v) is 4.06. The molecule has 14 heavy (non-hydrogen) atoms. The molecule has 0 spiro atoms. The Bertz CT molecular complexity index is 458. The number of hydrogen-bond acceptors (Lipinski definition) is 3. The predicted molar refractivity (Wildman–Crippen MR) is 40.7 cm³/mol. The van der Waals surface area contributed by atoms with E-state index in [1.165, 1.54) is 6.92 Å². The van der Waals surface area contributed by atoms with E-state index in [0.29, 0.717) is 5.56 Å². The molecule has 4 nitrogen and oxygen atoms in total. The van der Waals surface area contributed by atoms with Crippen LogP contribution in [0.2, 0.25) is 0 Å². The van der Waals surface area contributed by atoms with Crippen LogP contribution in [0.1, 0.15) is 11.3 Å². The van der Waals surface area contributed by atoms with Crippen molar-refractivity contribution in [3.8, 4) is 0 Å². The zero-order valence-corrected chi connectivity index (χ0v) is 8.01. The van der Waals surface area contributed by atoms with Crippen molar-refractivity contribution >= 4 is 10.1 Å². The monoisotopic (exact) mass is 223 g/mol. The van der Waals surface area contributed by atoms with Crippen LogP contribution in [0.15, 0.2) is 17.2 Å². The average molecular weight is 223 g/mol. The molecule has 0 radical (unpaired) electrons. The molecule has 0 saturated carbocycles. The van der Waals surface area contributed by atoms with Crippen molar-refractivity contribution < 1.29 is 26.6 Å². The molecule has 0 aliphatic heterocycles. The zero-order chi connectivity index (χ0) is 10.9. The summed E-state index contributed by atoms with van der Waals surface area (Å²) in [6, 6.07) is 1.97. The third-order valence-corrected chi connectivity index (χ3v) is 2.37. The number of hydrogen-bond donors (Lipinski definition) is 0. The first-order chi connectivity index (χ1) is 6.36. The van der Waals surface area contributed by atoms with Crippen LogP contribution in [0, 0.1) is 6.92 Å². The van der Waals surface area contributed by atoms with Gasteiger partial charge in [-0.1, -0.05) is 0 Å². The number of aromatic nitrogens is 1. The fourth-order valence-corrected chi connectivity index (χ4v) is 1.66. The lowest BCUT2D eigenvalue weighted by molar-refractivity contribution is -0.880. The molecule has 0 aliphatic rings. The second-order valence-electron chi connectivity index (χ2n) is 2.73. The van der Waals surface area contributed by atoms with Gasteiger partial charge in [-0.3, -0.25) is 0 Å². The highest BCUT2D eigenvalue weighted by molar-refractivity contribution is 7.85. The fourth-order valence-electron chi connectivity index (χ4n) is 1.02. The highest BCUT2D eigenvalue weighted by Gasteiger charge is 2.24. The lowest BCUT2D eigenvalue weighted by atomic mass is 10.2. The number of alkyl halides is 1. The van der Waals surface area contributed by atoms with Crippen LogP contribution in [0.25, 0.3) is 0 Å². The van der Waals surface area contributed by atoms with Gasteiger partial charge in [0.1, 0.15) is 0 Å². The Morgan fingerprint density at radius 1 is 1.50 bits per heavy atom. The van der Waals surface area contributed by atoms with Crippen LogP contribution in [0.3, 0.4) is 0 Å². The van der Waals surface area contributed by atoms with Gasteiger partial charge in [-0.25, -0.2) is 12.8 Å². The maximum absolute atomic E-state index is 13.0. The predicted octanol–water partition coefficient (Wildman–Crippen LogP) is 0.389. The van der Waals surface area contributed by atoms with E-state index < -0.39 is 32.3 Å². The molecular weight excluding hydrogens is 216 g/mol.